The van der Waals surface area contributed by atoms with Crippen LogP contribution in [0.15, 0.2) is 23.1 Å². The predicted molar refractivity (Wildman–Crippen MR) is 84.7 cm³/mol. The Balaban J connectivity index is 2.14. The minimum Gasteiger partial charge on any atom is -0.484 e. The molecule has 0 radical (unpaired) electrons. The number of sulfonamides is 1. The number of nitrogens with one attached hydrogen (secondary N) is 1. The number of hydrogen-bond acceptors (Lipinski definition) is 5. The third-order valence-corrected chi connectivity index (χ3v) is 5.74. The second-order valence-electron chi connectivity index (χ2n) is 5.52. The standard InChI is InChI=1S/C15H22N2O5S/c1-11-9-13(3-4-14(11)22-10-15(19)16-2)23(20,21)17-7-5-12(18)6-8-17/h3-4,9,12,18H,5-8,10H2,1-2H3,(H,16,19). The first kappa shape index (κ1) is 17.7. The van der Waals surface area contributed by atoms with Crippen molar-refractivity contribution in [3.63, 3.8) is 0 Å². The molecule has 0 aromatic heterocycles. The van der Waals surface area contributed by atoms with Gasteiger partial charge in [-0.05, 0) is 43.5 Å². The van der Waals surface area contributed by atoms with E-state index in [-0.39, 0.29) is 17.4 Å². The lowest BCUT2D eigenvalue weighted by molar-refractivity contribution is -0.122. The number of aliphatic hydroxyl groups is 1. The van der Waals surface area contributed by atoms with E-state index in [0.29, 0.717) is 37.2 Å². The summed E-state index contributed by atoms with van der Waals surface area (Å²) < 4.78 is 32.0. The molecule has 1 saturated heterocycles. The molecule has 0 atom stereocenters. The fraction of sp³-hybridized carbons (Fsp3) is 0.533. The quantitative estimate of drug-likeness (QED) is 0.800. The number of aliphatic hydroxyl groups excluding tert-OH is 1. The number of rotatable bonds is 5. The molecule has 7 nitrogen and oxygen atoms in total. The fourth-order valence-corrected chi connectivity index (χ4v) is 3.95. The molecule has 1 aromatic carbocycles. The first-order chi connectivity index (χ1) is 10.8. The predicted octanol–water partition coefficient (Wildman–Crippen LogP) is 0.265. The highest BCUT2D eigenvalue weighted by Crippen LogP contribution is 2.25. The van der Waals surface area contributed by atoms with Crippen LogP contribution >= 0.6 is 0 Å². The molecule has 0 spiro atoms. The number of nitrogens with zero attached hydrogens (tertiary/aromatic N) is 1. The lowest BCUT2D eigenvalue weighted by atomic mass is 10.1. The summed E-state index contributed by atoms with van der Waals surface area (Å²) in [7, 11) is -2.06. The van der Waals surface area contributed by atoms with E-state index >= 15 is 0 Å². The molecule has 2 rings (SSSR count). The number of hydrogen-bond donors (Lipinski definition) is 2. The van der Waals surface area contributed by atoms with E-state index in [1.54, 1.807) is 19.1 Å². The first-order valence-electron chi connectivity index (χ1n) is 7.47. The average Bonchev–Trinajstić information content (AvgIpc) is 2.53. The SMILES string of the molecule is CNC(=O)COc1ccc(S(=O)(=O)N2CCC(O)CC2)cc1C. The Morgan fingerprint density at radius 1 is 1.39 bits per heavy atom. The van der Waals surface area contributed by atoms with E-state index in [1.165, 1.54) is 17.4 Å². The van der Waals surface area contributed by atoms with Gasteiger partial charge in [-0.2, -0.15) is 4.31 Å². The lowest BCUT2D eigenvalue weighted by Gasteiger charge is -2.28. The number of likely N-dealkylation sites (N-methyl/N-ethyl adjacent to an activating group) is 1. The van der Waals surface area contributed by atoms with Gasteiger partial charge >= 0.3 is 0 Å². The number of carbonyl (C=O) groups excluding carboxylic acids is 1. The van der Waals surface area contributed by atoms with Gasteiger partial charge in [-0.3, -0.25) is 4.79 Å². The minimum absolute atomic E-state index is 0.118. The van der Waals surface area contributed by atoms with Crippen molar-refractivity contribution in [3.05, 3.63) is 23.8 Å². The van der Waals surface area contributed by atoms with E-state index in [1.807, 2.05) is 0 Å². The Bertz CT molecular complexity index is 666. The van der Waals surface area contributed by atoms with Crippen LogP contribution in [0.5, 0.6) is 5.75 Å². The Morgan fingerprint density at radius 2 is 2.04 bits per heavy atom. The van der Waals surface area contributed by atoms with Gasteiger partial charge in [0.25, 0.3) is 5.91 Å². The Labute approximate surface area is 136 Å². The van der Waals surface area contributed by atoms with Crippen LogP contribution in [-0.4, -0.2) is 56.6 Å². The van der Waals surface area contributed by atoms with Crippen LogP contribution < -0.4 is 10.1 Å². The third kappa shape index (κ3) is 4.21. The third-order valence-electron chi connectivity index (χ3n) is 3.85. The van der Waals surface area contributed by atoms with Crippen molar-refractivity contribution in [2.45, 2.75) is 30.8 Å². The zero-order valence-electron chi connectivity index (χ0n) is 13.3. The van der Waals surface area contributed by atoms with Crippen molar-refractivity contribution in [1.29, 1.82) is 0 Å². The normalized spacial score (nSPS) is 17.0. The summed E-state index contributed by atoms with van der Waals surface area (Å²) >= 11 is 0. The van der Waals surface area contributed by atoms with Crippen molar-refractivity contribution in [2.75, 3.05) is 26.7 Å². The molecule has 0 aliphatic carbocycles. The summed E-state index contributed by atoms with van der Waals surface area (Å²) in [4.78, 5) is 11.4. The van der Waals surface area contributed by atoms with Gasteiger partial charge in [0.15, 0.2) is 6.61 Å². The molecule has 2 N–H and O–H groups in total. The summed E-state index contributed by atoms with van der Waals surface area (Å²) in [6.07, 6.45) is 0.473. The van der Waals surface area contributed by atoms with Crippen molar-refractivity contribution in [3.8, 4) is 5.75 Å². The van der Waals surface area contributed by atoms with Gasteiger partial charge in [0, 0.05) is 20.1 Å². The molecule has 0 unspecified atom stereocenters. The average molecular weight is 342 g/mol. The molecular formula is C15H22N2O5S. The zero-order chi connectivity index (χ0) is 17.0. The molecule has 1 fully saturated rings. The van der Waals surface area contributed by atoms with Gasteiger partial charge in [-0.15, -0.1) is 0 Å². The van der Waals surface area contributed by atoms with Crippen LogP contribution in [0.25, 0.3) is 0 Å². The molecule has 1 aliphatic heterocycles. The molecule has 1 aromatic rings. The second kappa shape index (κ2) is 7.29. The van der Waals surface area contributed by atoms with E-state index in [2.05, 4.69) is 5.32 Å². The van der Waals surface area contributed by atoms with Crippen molar-refractivity contribution in [1.82, 2.24) is 9.62 Å². The van der Waals surface area contributed by atoms with Crippen molar-refractivity contribution >= 4 is 15.9 Å². The highest BCUT2D eigenvalue weighted by Gasteiger charge is 2.29. The second-order valence-corrected chi connectivity index (χ2v) is 7.46. The highest BCUT2D eigenvalue weighted by molar-refractivity contribution is 7.89. The maximum atomic E-state index is 12.6. The van der Waals surface area contributed by atoms with Gasteiger partial charge in [-0.1, -0.05) is 0 Å². The molecule has 0 saturated carbocycles. The first-order valence-corrected chi connectivity index (χ1v) is 8.91. The lowest BCUT2D eigenvalue weighted by Crippen LogP contribution is -2.40. The molecule has 128 valence electrons. The molecule has 1 amide bonds. The number of carbonyl (C=O) groups is 1. The van der Waals surface area contributed by atoms with Crippen LogP contribution in [0.4, 0.5) is 0 Å². The Kier molecular flexibility index (Phi) is 5.61. The van der Waals surface area contributed by atoms with E-state index in [0.717, 1.165) is 0 Å². The number of piperidine rings is 1. The zero-order valence-corrected chi connectivity index (χ0v) is 14.1. The van der Waals surface area contributed by atoms with Gasteiger partial charge in [0.2, 0.25) is 10.0 Å². The molecular weight excluding hydrogens is 320 g/mol. The van der Waals surface area contributed by atoms with Gasteiger partial charge in [0.1, 0.15) is 5.75 Å². The van der Waals surface area contributed by atoms with Crippen LogP contribution in [0.3, 0.4) is 0 Å². The van der Waals surface area contributed by atoms with Crippen LogP contribution in [0, 0.1) is 6.92 Å². The van der Waals surface area contributed by atoms with Crippen LogP contribution in [0.1, 0.15) is 18.4 Å². The largest absolute Gasteiger partial charge is 0.484 e. The van der Waals surface area contributed by atoms with E-state index < -0.39 is 16.1 Å². The summed E-state index contributed by atoms with van der Waals surface area (Å²) in [5.74, 6) is 0.217. The van der Waals surface area contributed by atoms with E-state index in [9.17, 15) is 18.3 Å². The Morgan fingerprint density at radius 3 is 2.61 bits per heavy atom. The number of aryl methyl sites for hydroxylation is 1. The molecule has 0 bridgehead atoms. The van der Waals surface area contributed by atoms with Crippen LogP contribution in [-0.2, 0) is 14.8 Å². The van der Waals surface area contributed by atoms with Gasteiger partial charge < -0.3 is 15.2 Å². The molecule has 1 aliphatic rings. The maximum Gasteiger partial charge on any atom is 0.257 e. The van der Waals surface area contributed by atoms with Crippen molar-refractivity contribution in [2.24, 2.45) is 0 Å². The maximum absolute atomic E-state index is 12.6. The fourth-order valence-electron chi connectivity index (χ4n) is 2.39. The summed E-state index contributed by atoms with van der Waals surface area (Å²) in [6, 6.07) is 4.58. The minimum atomic E-state index is -3.57. The van der Waals surface area contributed by atoms with Crippen molar-refractivity contribution < 1.29 is 23.1 Å². The summed E-state index contributed by atoms with van der Waals surface area (Å²) in [5.41, 5.74) is 0.645. The highest BCUT2D eigenvalue weighted by atomic mass is 32.2. The Hall–Kier alpha value is -1.64. The van der Waals surface area contributed by atoms with Gasteiger partial charge in [0.05, 0.1) is 11.0 Å². The summed E-state index contributed by atoms with van der Waals surface area (Å²) in [6.45, 7) is 2.25. The summed E-state index contributed by atoms with van der Waals surface area (Å²) in [5, 5.41) is 11.9. The molecule has 8 heteroatoms. The monoisotopic (exact) mass is 342 g/mol. The molecule has 1 heterocycles. The number of benzene rings is 1. The van der Waals surface area contributed by atoms with Crippen LogP contribution in [0.2, 0.25) is 0 Å². The topological polar surface area (TPSA) is 95.9 Å². The molecule has 23 heavy (non-hydrogen) atoms. The van der Waals surface area contributed by atoms with Gasteiger partial charge in [-0.25, -0.2) is 8.42 Å². The van der Waals surface area contributed by atoms with E-state index in [4.69, 9.17) is 4.74 Å². The smallest absolute Gasteiger partial charge is 0.257 e. The number of ether oxygens (including phenoxy) is 1. The number of amides is 1.